The van der Waals surface area contributed by atoms with Gasteiger partial charge in [-0.15, -0.1) is 0 Å². The molecule has 0 amide bonds. The molecule has 0 saturated carbocycles. The Kier molecular flexibility index (Phi) is 10.5. The van der Waals surface area contributed by atoms with Gasteiger partial charge in [-0.25, -0.2) is 32.4 Å². The number of hydrogen-bond donors (Lipinski definition) is 0. The van der Waals surface area contributed by atoms with E-state index in [0.29, 0.717) is 49.5 Å². The minimum atomic E-state index is -3.87. The van der Waals surface area contributed by atoms with Crippen molar-refractivity contribution < 1.29 is 55.0 Å². The Morgan fingerprint density at radius 1 is 1.11 bits per heavy atom. The summed E-state index contributed by atoms with van der Waals surface area (Å²) in [6.45, 7) is 10.1. The minimum Gasteiger partial charge on any atom is -0.477 e. The van der Waals surface area contributed by atoms with Crippen molar-refractivity contribution in [1.29, 1.82) is 0 Å². The van der Waals surface area contributed by atoms with E-state index in [4.69, 9.17) is 14.5 Å². The van der Waals surface area contributed by atoms with Crippen molar-refractivity contribution >= 4 is 37.5 Å². The van der Waals surface area contributed by atoms with E-state index in [2.05, 4.69) is 28.9 Å². The van der Waals surface area contributed by atoms with Gasteiger partial charge in [-0.3, -0.25) is 0 Å². The predicted octanol–water partition coefficient (Wildman–Crippen LogP) is 5.71. The summed E-state index contributed by atoms with van der Waals surface area (Å²) in [5, 5.41) is 5.12. The Morgan fingerprint density at radius 3 is 2.68 bits per heavy atom. The standard InChI is InChI=1S/C31H37FN6O4S.Y/c1-4-6-7-11-20-18-37(15-5-2)29-25-28(35-31(36-29)43(3,39)40)26(32)27(34-30(25)42-19-20)21-12-10-13-23-22(21)17-33-38(23)24-14-8-9-16-41-24;/h10,12-13,17,20,24H,1-2,4-9,11,14-16,18-19H2,3H3;/q-2;. The second kappa shape index (κ2) is 14.0. The Bertz CT molecular complexity index is 1740. The van der Waals surface area contributed by atoms with Gasteiger partial charge in [0.15, 0.2) is 12.0 Å². The first-order valence-electron chi connectivity index (χ1n) is 15.0. The fourth-order valence-corrected chi connectivity index (χ4v) is 6.53. The van der Waals surface area contributed by atoms with Crippen LogP contribution in [0.1, 0.15) is 57.6 Å². The molecule has 0 N–H and O–H groups in total. The molecule has 6 rings (SSSR count). The number of pyridine rings is 1. The summed E-state index contributed by atoms with van der Waals surface area (Å²) in [4.78, 5) is 15.4. The third-order valence-corrected chi connectivity index (χ3v) is 8.99. The molecule has 1 saturated heterocycles. The maximum absolute atomic E-state index is 16.7. The van der Waals surface area contributed by atoms with Gasteiger partial charge in [0.1, 0.15) is 22.4 Å². The van der Waals surface area contributed by atoms with Crippen molar-refractivity contribution in [2.75, 3.05) is 37.5 Å². The Hall–Kier alpha value is -2.28. The summed E-state index contributed by atoms with van der Waals surface area (Å²) < 4.78 is 56.3. The van der Waals surface area contributed by atoms with Crippen LogP contribution in [0.5, 0.6) is 5.88 Å². The molecule has 1 fully saturated rings. The van der Waals surface area contributed by atoms with Crippen LogP contribution in [0.25, 0.3) is 33.1 Å². The predicted molar refractivity (Wildman–Crippen MR) is 163 cm³/mol. The Balaban J connectivity index is 0.00000384. The van der Waals surface area contributed by atoms with E-state index in [1.54, 1.807) is 12.3 Å². The van der Waals surface area contributed by atoms with Crippen LogP contribution in [0.2, 0.25) is 0 Å². The van der Waals surface area contributed by atoms with Gasteiger partial charge < -0.3 is 28.2 Å². The average Bonchev–Trinajstić information content (AvgIpc) is 3.44. The molecule has 233 valence electrons. The van der Waals surface area contributed by atoms with Crippen molar-refractivity contribution in [3.63, 3.8) is 0 Å². The number of aromatic nitrogens is 5. The van der Waals surface area contributed by atoms with E-state index >= 15 is 4.39 Å². The zero-order chi connectivity index (χ0) is 30.1. The zero-order valence-corrected chi connectivity index (χ0v) is 28.7. The van der Waals surface area contributed by atoms with E-state index < -0.39 is 20.8 Å². The number of rotatable bonds is 9. The molecule has 2 unspecified atom stereocenters. The maximum atomic E-state index is 16.7. The molecule has 2 aliphatic heterocycles. The molecule has 44 heavy (non-hydrogen) atoms. The van der Waals surface area contributed by atoms with Crippen molar-refractivity contribution in [2.24, 2.45) is 5.92 Å². The summed E-state index contributed by atoms with van der Waals surface area (Å²) >= 11 is 0. The van der Waals surface area contributed by atoms with Gasteiger partial charge in [0.2, 0.25) is 20.9 Å². The quantitative estimate of drug-likeness (QED) is 0.123. The molecule has 0 bridgehead atoms. The summed E-state index contributed by atoms with van der Waals surface area (Å²) in [5.74, 6) is -0.153. The summed E-state index contributed by atoms with van der Waals surface area (Å²) in [6.07, 6.45) is 9.68. The van der Waals surface area contributed by atoms with Gasteiger partial charge in [0, 0.05) is 69.0 Å². The molecule has 10 nitrogen and oxygen atoms in total. The molecule has 3 aromatic heterocycles. The number of nitrogens with zero attached hydrogens (tertiary/aromatic N) is 6. The first-order valence-corrected chi connectivity index (χ1v) is 16.8. The average molecular weight is 698 g/mol. The molecular weight excluding hydrogens is 660 g/mol. The van der Waals surface area contributed by atoms with E-state index in [1.165, 1.54) is 0 Å². The van der Waals surface area contributed by atoms with E-state index in [-0.39, 0.29) is 67.3 Å². The molecule has 2 atom stereocenters. The van der Waals surface area contributed by atoms with Gasteiger partial charge in [-0.05, 0) is 38.3 Å². The topological polar surface area (TPSA) is 112 Å². The fourth-order valence-electron chi connectivity index (χ4n) is 6.02. The molecule has 1 aromatic carbocycles. The van der Waals surface area contributed by atoms with Crippen LogP contribution in [-0.4, -0.2) is 65.7 Å². The molecule has 0 aliphatic carbocycles. The molecule has 2 aliphatic rings. The molecule has 1 radical (unpaired) electrons. The molecule has 0 spiro atoms. The van der Waals surface area contributed by atoms with Crippen LogP contribution in [-0.2, 0) is 47.3 Å². The van der Waals surface area contributed by atoms with Crippen LogP contribution in [0, 0.1) is 25.6 Å². The number of unbranched alkanes of at least 4 members (excludes halogenated alkanes) is 2. The van der Waals surface area contributed by atoms with Crippen molar-refractivity contribution in [3.05, 3.63) is 44.1 Å². The number of anilines is 1. The van der Waals surface area contributed by atoms with Gasteiger partial charge in [-0.1, -0.05) is 25.0 Å². The molecule has 4 aromatic rings. The number of hydrogen-bond acceptors (Lipinski definition) is 9. The fraction of sp³-hybridized carbons (Fsp3) is 0.484. The van der Waals surface area contributed by atoms with Crippen LogP contribution in [0.3, 0.4) is 0 Å². The third-order valence-electron chi connectivity index (χ3n) is 8.14. The number of sulfone groups is 1. The molecule has 13 heteroatoms. The largest absolute Gasteiger partial charge is 0.477 e. The first-order chi connectivity index (χ1) is 20.8. The normalized spacial score (nSPS) is 19.0. The minimum absolute atomic E-state index is 0. The van der Waals surface area contributed by atoms with E-state index in [9.17, 15) is 8.42 Å². The Morgan fingerprint density at radius 2 is 1.95 bits per heavy atom. The number of fused-ring (bicyclic) bond motifs is 1. The van der Waals surface area contributed by atoms with Crippen molar-refractivity contribution in [3.8, 4) is 17.1 Å². The summed E-state index contributed by atoms with van der Waals surface area (Å²) in [6, 6.07) is 5.53. The van der Waals surface area contributed by atoms with Crippen LogP contribution in [0.4, 0.5) is 10.2 Å². The second-order valence-corrected chi connectivity index (χ2v) is 13.3. The number of benzene rings is 1. The van der Waals surface area contributed by atoms with Crippen molar-refractivity contribution in [1.82, 2.24) is 24.7 Å². The number of halogens is 1. The van der Waals surface area contributed by atoms with E-state index in [0.717, 1.165) is 56.7 Å². The Labute approximate surface area is 282 Å². The van der Waals surface area contributed by atoms with Gasteiger partial charge in [0.05, 0.1) is 18.3 Å². The molecular formula is C31H37FN6O4SY-2. The smallest absolute Gasteiger partial charge is 0.249 e. The van der Waals surface area contributed by atoms with E-state index in [1.807, 2.05) is 21.7 Å². The monoisotopic (exact) mass is 697 g/mol. The van der Waals surface area contributed by atoms with Gasteiger partial charge in [0.25, 0.3) is 0 Å². The van der Waals surface area contributed by atoms with Crippen LogP contribution < -0.4 is 9.64 Å². The summed E-state index contributed by atoms with van der Waals surface area (Å²) in [5.41, 5.74) is 1.17. The van der Waals surface area contributed by atoms with Crippen LogP contribution >= 0.6 is 0 Å². The summed E-state index contributed by atoms with van der Waals surface area (Å²) in [7, 11) is -3.87. The number of ether oxygens (including phenoxy) is 2. The maximum Gasteiger partial charge on any atom is 0.249 e. The SMILES string of the molecule is [CH2-]CCCCC1COc2nc(-c3cccc4c3cnn4C3CCCCO3)c(F)c3nc(S(C)(=O)=O)nc(c23)N(CC[CH2-])C1.[Y]. The van der Waals surface area contributed by atoms with Crippen molar-refractivity contribution in [2.45, 2.75) is 62.8 Å². The van der Waals surface area contributed by atoms with Gasteiger partial charge in [-0.2, -0.15) is 17.9 Å². The third kappa shape index (κ3) is 6.50. The second-order valence-electron chi connectivity index (χ2n) is 11.4. The zero-order valence-electron chi connectivity index (χ0n) is 25.0. The molecule has 5 heterocycles. The van der Waals surface area contributed by atoms with Gasteiger partial charge >= 0.3 is 0 Å². The van der Waals surface area contributed by atoms with Crippen LogP contribution in [0.15, 0.2) is 29.6 Å². The first kappa shape index (κ1) is 33.1.